The van der Waals surface area contributed by atoms with E-state index in [4.69, 9.17) is 4.74 Å². The molecule has 5 nitrogen and oxygen atoms in total. The molecule has 7 heteroatoms. The highest BCUT2D eigenvalue weighted by Gasteiger charge is 2.05. The van der Waals surface area contributed by atoms with E-state index in [9.17, 15) is 4.39 Å². The van der Waals surface area contributed by atoms with Gasteiger partial charge in [0.2, 0.25) is 5.88 Å². The second-order valence-corrected chi connectivity index (χ2v) is 4.81. The Bertz CT molecular complexity index is 667. The molecular weight excluding hydrogens is 422 g/mol. The highest BCUT2D eigenvalue weighted by atomic mass is 127. The first-order valence-corrected chi connectivity index (χ1v) is 7.48. The largest absolute Gasteiger partial charge is 0.481 e. The molecule has 0 fully saturated rings. The highest BCUT2D eigenvalue weighted by molar-refractivity contribution is 14.0. The first kappa shape index (κ1) is 20.1. The zero-order valence-corrected chi connectivity index (χ0v) is 16.1. The van der Waals surface area contributed by atoms with Crippen LogP contribution in [0.2, 0.25) is 0 Å². The maximum absolute atomic E-state index is 13.7. The average Bonchev–Trinajstić information content (AvgIpc) is 2.59. The quantitative estimate of drug-likeness (QED) is 0.409. The molecule has 0 radical (unpaired) electrons. The molecule has 2 N–H and O–H groups in total. The molecule has 24 heavy (non-hydrogen) atoms. The van der Waals surface area contributed by atoms with Crippen LogP contribution in [-0.2, 0) is 13.1 Å². The van der Waals surface area contributed by atoms with E-state index in [0.29, 0.717) is 37.0 Å². The van der Waals surface area contributed by atoms with Gasteiger partial charge in [0.1, 0.15) is 5.82 Å². The van der Waals surface area contributed by atoms with Crippen LogP contribution in [0.25, 0.3) is 0 Å². The third-order valence-corrected chi connectivity index (χ3v) is 3.20. The second kappa shape index (κ2) is 10.8. The lowest BCUT2D eigenvalue weighted by Gasteiger charge is -2.12. The molecule has 0 saturated carbocycles. The minimum Gasteiger partial charge on any atom is -0.481 e. The molecule has 0 spiro atoms. The molecular formula is C17H22FIN4O. The number of nitrogens with one attached hydrogen (secondary N) is 2. The molecule has 1 aromatic carbocycles. The number of ether oxygens (including phenoxy) is 1. The molecule has 1 aromatic heterocycles. The van der Waals surface area contributed by atoms with Crippen LogP contribution in [0.15, 0.2) is 47.6 Å². The number of nitrogens with zero attached hydrogens (tertiary/aromatic N) is 2. The van der Waals surface area contributed by atoms with Gasteiger partial charge in [0.05, 0.1) is 13.7 Å². The van der Waals surface area contributed by atoms with Crippen molar-refractivity contribution in [3.8, 4) is 5.88 Å². The van der Waals surface area contributed by atoms with Crippen molar-refractivity contribution in [1.29, 1.82) is 0 Å². The van der Waals surface area contributed by atoms with E-state index in [1.54, 1.807) is 25.4 Å². The third kappa shape index (κ3) is 5.95. The zero-order valence-electron chi connectivity index (χ0n) is 13.8. The molecule has 0 bridgehead atoms. The Morgan fingerprint density at radius 3 is 2.62 bits per heavy atom. The molecule has 0 aliphatic rings. The molecule has 0 aliphatic carbocycles. The Balaban J connectivity index is 0.00000288. The lowest BCUT2D eigenvalue weighted by atomic mass is 10.2. The summed E-state index contributed by atoms with van der Waals surface area (Å²) in [6, 6.07) is 10.4. The number of rotatable bonds is 6. The van der Waals surface area contributed by atoms with Crippen molar-refractivity contribution in [2.45, 2.75) is 20.0 Å². The summed E-state index contributed by atoms with van der Waals surface area (Å²) >= 11 is 0. The van der Waals surface area contributed by atoms with Crippen LogP contribution >= 0.6 is 24.0 Å². The Morgan fingerprint density at radius 2 is 1.92 bits per heavy atom. The van der Waals surface area contributed by atoms with Crippen LogP contribution in [0.1, 0.15) is 18.1 Å². The van der Waals surface area contributed by atoms with Crippen LogP contribution in [0.4, 0.5) is 4.39 Å². The number of hydrogen-bond donors (Lipinski definition) is 2. The van der Waals surface area contributed by atoms with Gasteiger partial charge in [0.25, 0.3) is 0 Å². The number of aromatic nitrogens is 1. The molecule has 130 valence electrons. The SMILES string of the molecule is CCNC(=NCc1cccnc1OC)NCc1ccccc1F.I. The van der Waals surface area contributed by atoms with Crippen molar-refractivity contribution in [2.75, 3.05) is 13.7 Å². The summed E-state index contributed by atoms with van der Waals surface area (Å²) in [6.07, 6.45) is 1.67. The summed E-state index contributed by atoms with van der Waals surface area (Å²) in [5.74, 6) is 0.938. The highest BCUT2D eigenvalue weighted by Crippen LogP contribution is 2.14. The summed E-state index contributed by atoms with van der Waals surface area (Å²) in [7, 11) is 1.58. The smallest absolute Gasteiger partial charge is 0.218 e. The van der Waals surface area contributed by atoms with Gasteiger partial charge in [0.15, 0.2) is 5.96 Å². The minimum absolute atomic E-state index is 0. The summed E-state index contributed by atoms with van der Waals surface area (Å²) in [4.78, 5) is 8.63. The predicted octanol–water partition coefficient (Wildman–Crippen LogP) is 3.10. The van der Waals surface area contributed by atoms with E-state index in [1.807, 2.05) is 25.1 Å². The second-order valence-electron chi connectivity index (χ2n) is 4.81. The summed E-state index contributed by atoms with van der Waals surface area (Å²) in [6.45, 7) is 3.48. The van der Waals surface area contributed by atoms with E-state index in [1.165, 1.54) is 6.07 Å². The third-order valence-electron chi connectivity index (χ3n) is 3.20. The Kier molecular flexibility index (Phi) is 9.06. The van der Waals surface area contributed by atoms with Gasteiger partial charge in [-0.05, 0) is 19.1 Å². The van der Waals surface area contributed by atoms with E-state index >= 15 is 0 Å². The summed E-state index contributed by atoms with van der Waals surface area (Å²) < 4.78 is 18.9. The molecule has 0 unspecified atom stereocenters. The topological polar surface area (TPSA) is 58.5 Å². The lowest BCUT2D eigenvalue weighted by molar-refractivity contribution is 0.392. The van der Waals surface area contributed by atoms with Crippen LogP contribution in [0.3, 0.4) is 0 Å². The number of guanidine groups is 1. The van der Waals surface area contributed by atoms with Gasteiger partial charge in [-0.1, -0.05) is 24.3 Å². The van der Waals surface area contributed by atoms with Gasteiger partial charge in [-0.2, -0.15) is 0 Å². The molecule has 2 rings (SSSR count). The fourth-order valence-electron chi connectivity index (χ4n) is 2.05. The summed E-state index contributed by atoms with van der Waals surface area (Å²) in [5.41, 5.74) is 1.48. The van der Waals surface area contributed by atoms with Gasteiger partial charge in [-0.15, -0.1) is 24.0 Å². The number of aliphatic imine (C=N–C) groups is 1. The van der Waals surface area contributed by atoms with Crippen molar-refractivity contribution >= 4 is 29.9 Å². The Labute approximate surface area is 158 Å². The number of hydrogen-bond acceptors (Lipinski definition) is 3. The van der Waals surface area contributed by atoms with Gasteiger partial charge >= 0.3 is 0 Å². The van der Waals surface area contributed by atoms with Gasteiger partial charge < -0.3 is 15.4 Å². The van der Waals surface area contributed by atoms with Crippen molar-refractivity contribution in [3.63, 3.8) is 0 Å². The molecule has 0 aliphatic heterocycles. The normalized spacial score (nSPS) is 10.7. The average molecular weight is 444 g/mol. The first-order valence-electron chi connectivity index (χ1n) is 7.48. The lowest BCUT2D eigenvalue weighted by Crippen LogP contribution is -2.37. The van der Waals surface area contributed by atoms with Crippen molar-refractivity contribution < 1.29 is 9.13 Å². The minimum atomic E-state index is -0.232. The number of benzene rings is 1. The van der Waals surface area contributed by atoms with Crippen LogP contribution in [0, 0.1) is 5.82 Å². The maximum Gasteiger partial charge on any atom is 0.218 e. The number of methoxy groups -OCH3 is 1. The molecule has 0 atom stereocenters. The van der Waals surface area contributed by atoms with Crippen LogP contribution < -0.4 is 15.4 Å². The Hall–Kier alpha value is -1.90. The number of halogens is 2. The van der Waals surface area contributed by atoms with Crippen molar-refractivity contribution in [1.82, 2.24) is 15.6 Å². The number of pyridine rings is 1. The fraction of sp³-hybridized carbons (Fsp3) is 0.294. The monoisotopic (exact) mass is 444 g/mol. The summed E-state index contributed by atoms with van der Waals surface area (Å²) in [5, 5.41) is 6.26. The van der Waals surface area contributed by atoms with Crippen molar-refractivity contribution in [3.05, 3.63) is 59.5 Å². The van der Waals surface area contributed by atoms with E-state index in [2.05, 4.69) is 20.6 Å². The molecule has 0 saturated heterocycles. The van der Waals surface area contributed by atoms with Crippen LogP contribution in [0.5, 0.6) is 5.88 Å². The molecule has 2 aromatic rings. The standard InChI is InChI=1S/C17H21FN4O.HI/c1-3-19-17(21-11-13-7-4-5-9-15(13)18)22-12-14-8-6-10-20-16(14)23-2;/h4-10H,3,11-12H2,1-2H3,(H2,19,21,22);1H. The van der Waals surface area contributed by atoms with E-state index < -0.39 is 0 Å². The zero-order chi connectivity index (χ0) is 16.5. The van der Waals surface area contributed by atoms with Crippen molar-refractivity contribution in [2.24, 2.45) is 4.99 Å². The Morgan fingerprint density at radius 1 is 1.17 bits per heavy atom. The van der Waals surface area contributed by atoms with E-state index in [0.717, 1.165) is 5.56 Å². The van der Waals surface area contributed by atoms with E-state index in [-0.39, 0.29) is 29.8 Å². The first-order chi connectivity index (χ1) is 11.2. The maximum atomic E-state index is 13.7. The van der Waals surface area contributed by atoms with Gasteiger partial charge in [-0.3, -0.25) is 0 Å². The predicted molar refractivity (Wildman–Crippen MR) is 104 cm³/mol. The van der Waals surface area contributed by atoms with Crippen LogP contribution in [-0.4, -0.2) is 24.6 Å². The molecule has 0 amide bonds. The molecule has 1 heterocycles. The van der Waals surface area contributed by atoms with Gasteiger partial charge in [0, 0.05) is 30.4 Å². The fourth-order valence-corrected chi connectivity index (χ4v) is 2.05. The van der Waals surface area contributed by atoms with Gasteiger partial charge in [-0.25, -0.2) is 14.4 Å².